The Labute approximate surface area is 125 Å². The summed E-state index contributed by atoms with van der Waals surface area (Å²) in [7, 11) is 0. The highest BCUT2D eigenvalue weighted by atomic mass is 16.6. The first-order chi connectivity index (χ1) is 10.0. The second-order valence-corrected chi connectivity index (χ2v) is 5.79. The average Bonchev–Trinajstić information content (AvgIpc) is 3.06. The van der Waals surface area contributed by atoms with Crippen molar-refractivity contribution in [3.63, 3.8) is 0 Å². The maximum absolute atomic E-state index is 8.33. The Balaban J connectivity index is 1.72. The normalized spacial score (nSPS) is 19.8. The lowest BCUT2D eigenvalue weighted by Gasteiger charge is -2.05. The lowest BCUT2D eigenvalue weighted by atomic mass is 10.0. The molecule has 2 rings (SSSR count). The fourth-order valence-electron chi connectivity index (χ4n) is 2.14. The van der Waals surface area contributed by atoms with E-state index in [0.29, 0.717) is 18.4 Å². The second-order valence-electron chi connectivity index (χ2n) is 5.79. The van der Waals surface area contributed by atoms with E-state index in [2.05, 4.69) is 36.9 Å². The molecule has 1 aliphatic rings. The zero-order chi connectivity index (χ0) is 15.3. The molecule has 1 aromatic carbocycles. The van der Waals surface area contributed by atoms with Crippen LogP contribution in [0.1, 0.15) is 33.6 Å². The van der Waals surface area contributed by atoms with Crippen LogP contribution in [-0.4, -0.2) is 18.3 Å². The number of epoxide rings is 1. The Kier molecular flexibility index (Phi) is 4.89. The molecule has 0 N–H and O–H groups in total. The van der Waals surface area contributed by atoms with Gasteiger partial charge in [0.05, 0.1) is 11.7 Å². The molecule has 5 nitrogen and oxygen atoms in total. The van der Waals surface area contributed by atoms with Gasteiger partial charge in [0.25, 0.3) is 0 Å². The second kappa shape index (κ2) is 6.66. The van der Waals surface area contributed by atoms with Crippen LogP contribution in [0.5, 0.6) is 5.75 Å². The Morgan fingerprint density at radius 3 is 2.67 bits per heavy atom. The molecule has 112 valence electrons. The molecule has 1 unspecified atom stereocenters. The topological polar surface area (TPSA) is 70.5 Å². The van der Waals surface area contributed by atoms with Crippen LogP contribution in [0, 0.1) is 0 Å². The van der Waals surface area contributed by atoms with Crippen LogP contribution in [0.25, 0.3) is 10.4 Å². The fourth-order valence-corrected chi connectivity index (χ4v) is 2.14. The minimum Gasteiger partial charge on any atom is -0.490 e. The number of ether oxygens (including phenoxy) is 2. The molecular formula is C16H21N3O2. The minimum absolute atomic E-state index is 0.0738. The van der Waals surface area contributed by atoms with E-state index in [-0.39, 0.29) is 5.60 Å². The molecule has 0 saturated carbocycles. The first-order valence-corrected chi connectivity index (χ1v) is 7.12. The lowest BCUT2D eigenvalue weighted by molar-refractivity contribution is 0.320. The molecule has 1 fully saturated rings. The van der Waals surface area contributed by atoms with E-state index in [1.54, 1.807) is 24.3 Å². The molecular weight excluding hydrogens is 266 g/mol. The van der Waals surface area contributed by atoms with Crippen molar-refractivity contribution in [3.05, 3.63) is 46.4 Å². The summed E-state index contributed by atoms with van der Waals surface area (Å²) in [6.07, 6.45) is 4.59. The average molecular weight is 287 g/mol. The number of azide groups is 1. The third kappa shape index (κ3) is 4.81. The van der Waals surface area contributed by atoms with E-state index in [4.69, 9.17) is 15.0 Å². The van der Waals surface area contributed by atoms with Crippen LogP contribution < -0.4 is 4.74 Å². The van der Waals surface area contributed by atoms with E-state index in [9.17, 15) is 0 Å². The van der Waals surface area contributed by atoms with E-state index in [0.717, 1.165) is 18.6 Å². The molecule has 0 aromatic heterocycles. The molecule has 0 amide bonds. The summed E-state index contributed by atoms with van der Waals surface area (Å²) in [6.45, 7) is 6.91. The van der Waals surface area contributed by atoms with Gasteiger partial charge in [0, 0.05) is 10.6 Å². The third-order valence-electron chi connectivity index (χ3n) is 3.64. The van der Waals surface area contributed by atoms with Crippen molar-refractivity contribution in [3.8, 4) is 5.75 Å². The van der Waals surface area contributed by atoms with E-state index in [1.807, 2.05) is 0 Å². The highest BCUT2D eigenvalue weighted by molar-refractivity contribution is 5.40. The van der Waals surface area contributed by atoms with E-state index in [1.165, 1.54) is 5.57 Å². The minimum atomic E-state index is 0.0738. The Bertz CT molecular complexity index is 557. The fraction of sp³-hybridized carbons (Fsp3) is 0.500. The Hall–Kier alpha value is -1.97. The molecule has 0 aliphatic carbocycles. The van der Waals surface area contributed by atoms with Gasteiger partial charge in [-0.05, 0) is 69.5 Å². The number of benzene rings is 1. The van der Waals surface area contributed by atoms with Crippen LogP contribution in [0.2, 0.25) is 0 Å². The van der Waals surface area contributed by atoms with Crippen LogP contribution in [-0.2, 0) is 4.74 Å². The van der Waals surface area contributed by atoms with Crippen LogP contribution in [0.15, 0.2) is 41.0 Å². The monoisotopic (exact) mass is 287 g/mol. The molecule has 0 spiro atoms. The van der Waals surface area contributed by atoms with Gasteiger partial charge in [-0.1, -0.05) is 10.7 Å². The largest absolute Gasteiger partial charge is 0.490 e. The van der Waals surface area contributed by atoms with E-state index >= 15 is 0 Å². The molecule has 1 aliphatic heterocycles. The third-order valence-corrected chi connectivity index (χ3v) is 3.64. The van der Waals surface area contributed by atoms with Crippen LogP contribution in [0.3, 0.4) is 0 Å². The number of rotatable bonds is 7. The predicted octanol–water partition coefficient (Wildman–Crippen LogP) is 4.91. The predicted molar refractivity (Wildman–Crippen MR) is 82.7 cm³/mol. The molecule has 1 aromatic rings. The molecule has 0 bridgehead atoms. The highest BCUT2D eigenvalue weighted by Crippen LogP contribution is 2.38. The summed E-state index contributed by atoms with van der Waals surface area (Å²) in [5.74, 6) is 0.766. The van der Waals surface area contributed by atoms with Gasteiger partial charge in [0.2, 0.25) is 0 Å². The molecule has 1 saturated heterocycles. The Morgan fingerprint density at radius 1 is 1.43 bits per heavy atom. The summed E-state index contributed by atoms with van der Waals surface area (Å²) < 4.78 is 11.2. The van der Waals surface area contributed by atoms with Gasteiger partial charge in [-0.2, -0.15) is 0 Å². The molecule has 5 heteroatoms. The maximum atomic E-state index is 8.33. The molecule has 21 heavy (non-hydrogen) atoms. The summed E-state index contributed by atoms with van der Waals surface area (Å²) in [6, 6.07) is 7.07. The zero-order valence-electron chi connectivity index (χ0n) is 12.7. The van der Waals surface area contributed by atoms with Gasteiger partial charge in [-0.3, -0.25) is 0 Å². The highest BCUT2D eigenvalue weighted by Gasteiger charge is 2.46. The quantitative estimate of drug-likeness (QED) is 0.235. The van der Waals surface area contributed by atoms with Crippen molar-refractivity contribution in [1.29, 1.82) is 0 Å². The molecule has 0 radical (unpaired) electrons. The first kappa shape index (κ1) is 15.4. The number of nitrogens with zero attached hydrogens (tertiary/aromatic N) is 3. The van der Waals surface area contributed by atoms with Crippen molar-refractivity contribution in [2.45, 2.75) is 45.3 Å². The Morgan fingerprint density at radius 2 is 2.10 bits per heavy atom. The number of hydrogen-bond acceptors (Lipinski definition) is 3. The molecule has 1 atom stereocenters. The number of allylic oxidation sites excluding steroid dienone is 1. The standard InChI is InChI=1S/C16H21N3O2/c1-12(4-9-15-16(2,3)21-15)10-11-20-14-7-5-13(6-8-14)18-19-17/h5-8,10,15H,4,9,11H2,1-3H3/b12-10+. The van der Waals surface area contributed by atoms with Crippen LogP contribution in [0.4, 0.5) is 5.69 Å². The van der Waals surface area contributed by atoms with Gasteiger partial charge in [0.15, 0.2) is 0 Å². The van der Waals surface area contributed by atoms with Gasteiger partial charge >= 0.3 is 0 Å². The zero-order valence-corrected chi connectivity index (χ0v) is 12.7. The maximum Gasteiger partial charge on any atom is 0.119 e. The van der Waals surface area contributed by atoms with Crippen molar-refractivity contribution < 1.29 is 9.47 Å². The smallest absolute Gasteiger partial charge is 0.119 e. The number of hydrogen-bond donors (Lipinski definition) is 0. The van der Waals surface area contributed by atoms with Crippen molar-refractivity contribution in [2.75, 3.05) is 6.61 Å². The van der Waals surface area contributed by atoms with Crippen LogP contribution >= 0.6 is 0 Å². The van der Waals surface area contributed by atoms with Gasteiger partial charge < -0.3 is 9.47 Å². The van der Waals surface area contributed by atoms with Crippen molar-refractivity contribution >= 4 is 5.69 Å². The van der Waals surface area contributed by atoms with Crippen molar-refractivity contribution in [2.24, 2.45) is 5.11 Å². The SMILES string of the molecule is C/C(=C\COc1ccc(N=[N+]=[N-])cc1)CCC1OC1(C)C. The van der Waals surface area contributed by atoms with Gasteiger partial charge in [-0.25, -0.2) is 0 Å². The van der Waals surface area contributed by atoms with Gasteiger partial charge in [-0.15, -0.1) is 0 Å². The summed E-state index contributed by atoms with van der Waals surface area (Å²) in [5, 5.41) is 3.52. The molecule has 1 heterocycles. The summed E-state index contributed by atoms with van der Waals surface area (Å²) in [4.78, 5) is 2.74. The van der Waals surface area contributed by atoms with Gasteiger partial charge in [0.1, 0.15) is 12.4 Å². The first-order valence-electron chi connectivity index (χ1n) is 7.12. The summed E-state index contributed by atoms with van der Waals surface area (Å²) in [5.41, 5.74) is 10.3. The summed E-state index contributed by atoms with van der Waals surface area (Å²) >= 11 is 0. The van der Waals surface area contributed by atoms with E-state index < -0.39 is 0 Å². The van der Waals surface area contributed by atoms with Crippen molar-refractivity contribution in [1.82, 2.24) is 0 Å². The lowest BCUT2D eigenvalue weighted by Crippen LogP contribution is -2.03.